The highest BCUT2D eigenvalue weighted by Gasteiger charge is 2.20. The number of amides is 2. The molecular formula is C19H30N2O2. The minimum atomic E-state index is -0.246. The molecule has 0 heterocycles. The van der Waals surface area contributed by atoms with Crippen LogP contribution in [0.3, 0.4) is 0 Å². The second-order valence-corrected chi connectivity index (χ2v) is 6.90. The molecule has 0 fully saturated rings. The molecule has 0 unspecified atom stereocenters. The lowest BCUT2D eigenvalue weighted by Gasteiger charge is -2.24. The van der Waals surface area contributed by atoms with Gasteiger partial charge in [0, 0.05) is 18.8 Å². The molecule has 1 N–H and O–H groups in total. The van der Waals surface area contributed by atoms with Crippen LogP contribution in [0.2, 0.25) is 0 Å². The summed E-state index contributed by atoms with van der Waals surface area (Å²) in [6.45, 7) is 11.8. The molecule has 0 aliphatic heterocycles. The first-order chi connectivity index (χ1) is 10.8. The molecule has 23 heavy (non-hydrogen) atoms. The molecule has 128 valence electrons. The lowest BCUT2D eigenvalue weighted by molar-refractivity contribution is -0.134. The van der Waals surface area contributed by atoms with E-state index in [0.29, 0.717) is 13.1 Å². The third-order valence-corrected chi connectivity index (χ3v) is 3.66. The number of para-hydroxylation sites is 1. The summed E-state index contributed by atoms with van der Waals surface area (Å²) in [7, 11) is 0. The third-order valence-electron chi connectivity index (χ3n) is 3.66. The fourth-order valence-corrected chi connectivity index (χ4v) is 2.59. The highest BCUT2D eigenvalue weighted by Crippen LogP contribution is 2.29. The average molecular weight is 318 g/mol. The van der Waals surface area contributed by atoms with E-state index in [2.05, 4.69) is 26.1 Å². The Bertz CT molecular complexity index is 526. The minimum Gasteiger partial charge on any atom is -0.342 e. The van der Waals surface area contributed by atoms with Crippen molar-refractivity contribution in [3.63, 3.8) is 0 Å². The van der Waals surface area contributed by atoms with Gasteiger partial charge in [0.05, 0.1) is 0 Å². The molecule has 0 saturated heterocycles. The lowest BCUT2D eigenvalue weighted by atomic mass is 9.86. The van der Waals surface area contributed by atoms with Gasteiger partial charge < -0.3 is 10.2 Å². The largest absolute Gasteiger partial charge is 0.342 e. The zero-order valence-corrected chi connectivity index (χ0v) is 15.1. The normalized spacial score (nSPS) is 11.2. The van der Waals surface area contributed by atoms with Crippen molar-refractivity contribution in [3.05, 3.63) is 29.8 Å². The Balaban J connectivity index is 2.76. The maximum atomic E-state index is 12.3. The van der Waals surface area contributed by atoms with Gasteiger partial charge in [-0.05, 0) is 29.9 Å². The molecule has 0 spiro atoms. The van der Waals surface area contributed by atoms with Crippen molar-refractivity contribution in [2.45, 2.75) is 59.3 Å². The summed E-state index contributed by atoms with van der Waals surface area (Å²) < 4.78 is 0. The summed E-state index contributed by atoms with van der Waals surface area (Å²) in [5, 5.41) is 2.90. The van der Waals surface area contributed by atoms with Crippen molar-refractivity contribution in [3.8, 4) is 0 Å². The van der Waals surface area contributed by atoms with Crippen LogP contribution in [0, 0.1) is 0 Å². The van der Waals surface area contributed by atoms with Crippen LogP contribution in [-0.4, -0.2) is 29.8 Å². The van der Waals surface area contributed by atoms with Gasteiger partial charge in [0.1, 0.15) is 6.42 Å². The SMILES string of the molecule is CCCN(CCC)C(=O)CC(=O)Nc1ccccc1C(C)(C)C. The Hall–Kier alpha value is -1.84. The van der Waals surface area contributed by atoms with Crippen LogP contribution in [0.1, 0.15) is 59.4 Å². The van der Waals surface area contributed by atoms with Crippen molar-refractivity contribution in [2.24, 2.45) is 0 Å². The fourth-order valence-electron chi connectivity index (χ4n) is 2.59. The van der Waals surface area contributed by atoms with Gasteiger partial charge in [0.25, 0.3) is 0 Å². The van der Waals surface area contributed by atoms with Crippen LogP contribution in [0.15, 0.2) is 24.3 Å². The van der Waals surface area contributed by atoms with E-state index in [4.69, 9.17) is 0 Å². The maximum absolute atomic E-state index is 12.3. The first-order valence-corrected chi connectivity index (χ1v) is 8.46. The summed E-state index contributed by atoms with van der Waals surface area (Å²) in [4.78, 5) is 26.3. The van der Waals surface area contributed by atoms with Gasteiger partial charge in [0.2, 0.25) is 11.8 Å². The second-order valence-electron chi connectivity index (χ2n) is 6.90. The van der Waals surface area contributed by atoms with Crippen molar-refractivity contribution in [1.29, 1.82) is 0 Å². The molecule has 0 aromatic heterocycles. The predicted molar refractivity (Wildman–Crippen MR) is 95.6 cm³/mol. The fraction of sp³-hybridized carbons (Fsp3) is 0.579. The van der Waals surface area contributed by atoms with Crippen LogP contribution in [0.4, 0.5) is 5.69 Å². The zero-order valence-electron chi connectivity index (χ0n) is 15.1. The number of hydrogen-bond donors (Lipinski definition) is 1. The van der Waals surface area contributed by atoms with E-state index < -0.39 is 0 Å². The van der Waals surface area contributed by atoms with Gasteiger partial charge in [-0.25, -0.2) is 0 Å². The van der Waals surface area contributed by atoms with Crippen LogP contribution in [-0.2, 0) is 15.0 Å². The first kappa shape index (κ1) is 19.2. The van der Waals surface area contributed by atoms with Crippen LogP contribution in [0.25, 0.3) is 0 Å². The number of anilines is 1. The molecule has 1 aromatic carbocycles. The molecule has 4 heteroatoms. The predicted octanol–water partition coefficient (Wildman–Crippen LogP) is 3.96. The highest BCUT2D eigenvalue weighted by atomic mass is 16.2. The van der Waals surface area contributed by atoms with Gasteiger partial charge in [-0.1, -0.05) is 52.8 Å². The summed E-state index contributed by atoms with van der Waals surface area (Å²) in [6, 6.07) is 7.76. The Morgan fingerprint density at radius 2 is 1.61 bits per heavy atom. The molecule has 0 aliphatic carbocycles. The topological polar surface area (TPSA) is 49.4 Å². The number of nitrogens with zero attached hydrogens (tertiary/aromatic N) is 1. The molecule has 0 atom stereocenters. The van der Waals surface area contributed by atoms with E-state index in [0.717, 1.165) is 24.1 Å². The zero-order chi connectivity index (χ0) is 17.5. The molecule has 0 radical (unpaired) electrons. The smallest absolute Gasteiger partial charge is 0.233 e. The van der Waals surface area contributed by atoms with Gasteiger partial charge >= 0.3 is 0 Å². The number of carbonyl (C=O) groups is 2. The van der Waals surface area contributed by atoms with Gasteiger partial charge in [-0.15, -0.1) is 0 Å². The van der Waals surface area contributed by atoms with E-state index in [1.807, 2.05) is 38.1 Å². The van der Waals surface area contributed by atoms with E-state index in [-0.39, 0.29) is 23.7 Å². The quantitative estimate of drug-likeness (QED) is 0.774. The molecule has 0 saturated carbocycles. The Kier molecular flexibility index (Phi) is 7.27. The van der Waals surface area contributed by atoms with Crippen LogP contribution in [0.5, 0.6) is 0 Å². The number of hydrogen-bond acceptors (Lipinski definition) is 2. The summed E-state index contributed by atoms with van der Waals surface area (Å²) in [5.74, 6) is -0.344. The van der Waals surface area contributed by atoms with Crippen LogP contribution < -0.4 is 5.32 Å². The molecule has 0 bridgehead atoms. The summed E-state index contributed by atoms with van der Waals surface area (Å²) in [5.41, 5.74) is 1.79. The van der Waals surface area contributed by atoms with E-state index in [9.17, 15) is 9.59 Å². The second kappa shape index (κ2) is 8.70. The van der Waals surface area contributed by atoms with Crippen molar-refractivity contribution in [2.75, 3.05) is 18.4 Å². The molecule has 1 rings (SSSR count). The van der Waals surface area contributed by atoms with Gasteiger partial charge in [0.15, 0.2) is 0 Å². The minimum absolute atomic E-state index is 0.0651. The molecular weight excluding hydrogens is 288 g/mol. The van der Waals surface area contributed by atoms with Gasteiger partial charge in [-0.2, -0.15) is 0 Å². The van der Waals surface area contributed by atoms with E-state index >= 15 is 0 Å². The Morgan fingerprint density at radius 3 is 2.13 bits per heavy atom. The van der Waals surface area contributed by atoms with Crippen molar-refractivity contribution < 1.29 is 9.59 Å². The first-order valence-electron chi connectivity index (χ1n) is 8.46. The van der Waals surface area contributed by atoms with Crippen molar-refractivity contribution >= 4 is 17.5 Å². The maximum Gasteiger partial charge on any atom is 0.233 e. The number of carbonyl (C=O) groups excluding carboxylic acids is 2. The monoisotopic (exact) mass is 318 g/mol. The summed E-state index contributed by atoms with van der Waals surface area (Å²) in [6.07, 6.45) is 1.71. The van der Waals surface area contributed by atoms with E-state index in [1.165, 1.54) is 0 Å². The number of rotatable bonds is 7. The molecule has 4 nitrogen and oxygen atoms in total. The standard InChI is InChI=1S/C19H30N2O2/c1-6-12-21(13-7-2)18(23)14-17(22)20-16-11-9-8-10-15(16)19(3,4)5/h8-11H,6-7,12-14H2,1-5H3,(H,20,22). The molecule has 0 aliphatic rings. The van der Waals surface area contributed by atoms with Crippen LogP contribution >= 0.6 is 0 Å². The number of nitrogens with one attached hydrogen (secondary N) is 1. The lowest BCUT2D eigenvalue weighted by Crippen LogP contribution is -2.35. The molecule has 1 aromatic rings. The average Bonchev–Trinajstić information content (AvgIpc) is 2.46. The number of benzene rings is 1. The highest BCUT2D eigenvalue weighted by molar-refractivity contribution is 6.03. The Morgan fingerprint density at radius 1 is 1.04 bits per heavy atom. The summed E-state index contributed by atoms with van der Waals surface area (Å²) >= 11 is 0. The van der Waals surface area contributed by atoms with Gasteiger partial charge in [-0.3, -0.25) is 9.59 Å². The van der Waals surface area contributed by atoms with Crippen molar-refractivity contribution in [1.82, 2.24) is 4.90 Å². The Labute approximate surface area is 140 Å². The molecule has 2 amide bonds. The van der Waals surface area contributed by atoms with E-state index in [1.54, 1.807) is 4.90 Å². The third kappa shape index (κ3) is 6.05.